The predicted molar refractivity (Wildman–Crippen MR) is 62.0 cm³/mol. The second kappa shape index (κ2) is 5.44. The van der Waals surface area contributed by atoms with Crippen LogP contribution in [0.4, 0.5) is 0 Å². The molecular weight excluding hydrogens is 202 g/mol. The molecule has 0 aliphatic carbocycles. The van der Waals surface area contributed by atoms with Crippen LogP contribution in [-0.2, 0) is 11.4 Å². The lowest BCUT2D eigenvalue weighted by molar-refractivity contribution is 0.0463. The van der Waals surface area contributed by atoms with Crippen LogP contribution in [0.2, 0.25) is 0 Å². The number of hydrogen-bond donors (Lipinski definition) is 1. The molecule has 16 heavy (non-hydrogen) atoms. The fraction of sp³-hybridized carbons (Fsp3) is 0.250. The summed E-state index contributed by atoms with van der Waals surface area (Å²) in [6.07, 6.45) is 3.82. The van der Waals surface area contributed by atoms with E-state index >= 15 is 0 Å². The average molecular weight is 217 g/mol. The van der Waals surface area contributed by atoms with Crippen LogP contribution < -0.4 is 5.48 Å². The molecule has 84 valence electrons. The molecule has 0 bridgehead atoms. The SMILES string of the molecule is CCONCc1cnn(-c2ccccc2)c1. The van der Waals surface area contributed by atoms with Crippen LogP contribution in [0.3, 0.4) is 0 Å². The quantitative estimate of drug-likeness (QED) is 0.614. The number of rotatable bonds is 5. The van der Waals surface area contributed by atoms with Crippen LogP contribution in [0, 0.1) is 0 Å². The number of nitrogens with one attached hydrogen (secondary N) is 1. The highest BCUT2D eigenvalue weighted by Gasteiger charge is 1.99. The maximum absolute atomic E-state index is 5.07. The first kappa shape index (κ1) is 10.9. The number of aromatic nitrogens is 2. The van der Waals surface area contributed by atoms with E-state index in [-0.39, 0.29) is 0 Å². The van der Waals surface area contributed by atoms with Gasteiger partial charge in [-0.3, -0.25) is 0 Å². The van der Waals surface area contributed by atoms with Crippen molar-refractivity contribution in [3.8, 4) is 5.69 Å². The molecule has 0 saturated heterocycles. The van der Waals surface area contributed by atoms with E-state index in [9.17, 15) is 0 Å². The van der Waals surface area contributed by atoms with Gasteiger partial charge in [0.2, 0.25) is 0 Å². The van der Waals surface area contributed by atoms with Gasteiger partial charge in [-0.1, -0.05) is 18.2 Å². The second-order valence-electron chi connectivity index (χ2n) is 3.38. The topological polar surface area (TPSA) is 39.1 Å². The van der Waals surface area contributed by atoms with Gasteiger partial charge in [0.25, 0.3) is 0 Å². The Labute approximate surface area is 94.8 Å². The lowest BCUT2D eigenvalue weighted by atomic mass is 10.3. The molecule has 2 rings (SSSR count). The van der Waals surface area contributed by atoms with Crippen molar-refractivity contribution in [1.29, 1.82) is 0 Å². The van der Waals surface area contributed by atoms with Gasteiger partial charge in [-0.05, 0) is 19.1 Å². The third-order valence-corrected chi connectivity index (χ3v) is 2.18. The number of para-hydroxylation sites is 1. The summed E-state index contributed by atoms with van der Waals surface area (Å²) in [5.41, 5.74) is 5.02. The Balaban J connectivity index is 2.02. The van der Waals surface area contributed by atoms with E-state index in [1.165, 1.54) is 0 Å². The zero-order valence-electron chi connectivity index (χ0n) is 9.26. The van der Waals surface area contributed by atoms with Crippen LogP contribution in [0.5, 0.6) is 0 Å². The summed E-state index contributed by atoms with van der Waals surface area (Å²) in [6.45, 7) is 3.27. The molecule has 4 heteroatoms. The fourth-order valence-electron chi connectivity index (χ4n) is 1.41. The van der Waals surface area contributed by atoms with Crippen LogP contribution in [0.25, 0.3) is 5.69 Å². The van der Waals surface area contributed by atoms with Crippen molar-refractivity contribution < 1.29 is 4.84 Å². The molecule has 1 heterocycles. The van der Waals surface area contributed by atoms with Gasteiger partial charge in [-0.2, -0.15) is 10.6 Å². The fourth-order valence-corrected chi connectivity index (χ4v) is 1.41. The van der Waals surface area contributed by atoms with Crippen molar-refractivity contribution >= 4 is 0 Å². The highest BCUT2D eigenvalue weighted by Crippen LogP contribution is 2.07. The van der Waals surface area contributed by atoms with E-state index in [0.717, 1.165) is 11.3 Å². The second-order valence-corrected chi connectivity index (χ2v) is 3.38. The minimum Gasteiger partial charge on any atom is -0.302 e. The van der Waals surface area contributed by atoms with Gasteiger partial charge in [0.15, 0.2) is 0 Å². The van der Waals surface area contributed by atoms with Crippen molar-refractivity contribution in [2.24, 2.45) is 0 Å². The molecule has 1 aromatic heterocycles. The first-order valence-corrected chi connectivity index (χ1v) is 5.34. The molecule has 0 saturated carbocycles. The van der Waals surface area contributed by atoms with Crippen LogP contribution in [0.1, 0.15) is 12.5 Å². The predicted octanol–water partition coefficient (Wildman–Crippen LogP) is 1.91. The highest BCUT2D eigenvalue weighted by atomic mass is 16.6. The molecule has 0 unspecified atom stereocenters. The van der Waals surface area contributed by atoms with Gasteiger partial charge in [0.05, 0.1) is 18.5 Å². The van der Waals surface area contributed by atoms with Crippen LogP contribution in [-0.4, -0.2) is 16.4 Å². The smallest absolute Gasteiger partial charge is 0.0654 e. The summed E-state index contributed by atoms with van der Waals surface area (Å²) in [5, 5.41) is 4.29. The third-order valence-electron chi connectivity index (χ3n) is 2.18. The van der Waals surface area contributed by atoms with E-state index in [1.807, 2.05) is 54.3 Å². The Morgan fingerprint density at radius 2 is 2.12 bits per heavy atom. The summed E-state index contributed by atoms with van der Waals surface area (Å²) >= 11 is 0. The van der Waals surface area contributed by atoms with E-state index < -0.39 is 0 Å². The van der Waals surface area contributed by atoms with Crippen molar-refractivity contribution in [2.75, 3.05) is 6.61 Å². The Kier molecular flexibility index (Phi) is 3.69. The summed E-state index contributed by atoms with van der Waals surface area (Å²) < 4.78 is 1.85. The van der Waals surface area contributed by atoms with Crippen molar-refractivity contribution in [1.82, 2.24) is 15.3 Å². The number of hydrogen-bond acceptors (Lipinski definition) is 3. The molecule has 1 N–H and O–H groups in total. The Morgan fingerprint density at radius 1 is 1.31 bits per heavy atom. The summed E-state index contributed by atoms with van der Waals surface area (Å²) in [6, 6.07) is 10.0. The molecule has 0 amide bonds. The average Bonchev–Trinajstić information content (AvgIpc) is 2.79. The molecule has 4 nitrogen and oxygen atoms in total. The zero-order chi connectivity index (χ0) is 11.2. The largest absolute Gasteiger partial charge is 0.302 e. The van der Waals surface area contributed by atoms with Gasteiger partial charge in [0, 0.05) is 18.3 Å². The maximum atomic E-state index is 5.07. The molecule has 1 aromatic carbocycles. The first-order valence-electron chi connectivity index (χ1n) is 5.34. The first-order chi connectivity index (χ1) is 7.90. The van der Waals surface area contributed by atoms with E-state index in [4.69, 9.17) is 4.84 Å². The number of benzene rings is 1. The molecule has 0 aliphatic heterocycles. The van der Waals surface area contributed by atoms with Crippen molar-refractivity contribution in [3.63, 3.8) is 0 Å². The molecule has 0 spiro atoms. The molecule has 0 fully saturated rings. The lowest BCUT2D eigenvalue weighted by Gasteiger charge is -2.00. The Morgan fingerprint density at radius 3 is 2.88 bits per heavy atom. The van der Waals surface area contributed by atoms with Gasteiger partial charge in [-0.25, -0.2) is 4.68 Å². The van der Waals surface area contributed by atoms with Gasteiger partial charge >= 0.3 is 0 Å². The van der Waals surface area contributed by atoms with E-state index in [0.29, 0.717) is 13.2 Å². The monoisotopic (exact) mass is 217 g/mol. The van der Waals surface area contributed by atoms with Crippen LogP contribution >= 0.6 is 0 Å². The van der Waals surface area contributed by atoms with Crippen molar-refractivity contribution in [3.05, 3.63) is 48.3 Å². The van der Waals surface area contributed by atoms with Crippen molar-refractivity contribution in [2.45, 2.75) is 13.5 Å². The third kappa shape index (κ3) is 2.68. The zero-order valence-corrected chi connectivity index (χ0v) is 9.26. The van der Waals surface area contributed by atoms with Gasteiger partial charge in [0.1, 0.15) is 0 Å². The van der Waals surface area contributed by atoms with Crippen LogP contribution in [0.15, 0.2) is 42.7 Å². The summed E-state index contributed by atoms with van der Waals surface area (Å²) in [5.74, 6) is 0. The van der Waals surface area contributed by atoms with Gasteiger partial charge < -0.3 is 4.84 Å². The normalized spacial score (nSPS) is 10.6. The summed E-state index contributed by atoms with van der Waals surface area (Å²) in [4.78, 5) is 5.07. The number of hydroxylamine groups is 1. The van der Waals surface area contributed by atoms with E-state index in [1.54, 1.807) is 0 Å². The molecule has 0 radical (unpaired) electrons. The Hall–Kier alpha value is -1.65. The summed E-state index contributed by atoms with van der Waals surface area (Å²) in [7, 11) is 0. The molecule has 0 atom stereocenters. The standard InChI is InChI=1S/C12H15N3O/c1-2-16-14-9-11-8-13-15(10-11)12-6-4-3-5-7-12/h3-8,10,14H,2,9H2,1H3. The highest BCUT2D eigenvalue weighted by molar-refractivity contribution is 5.30. The number of nitrogens with zero attached hydrogens (tertiary/aromatic N) is 2. The Bertz CT molecular complexity index is 425. The minimum absolute atomic E-state index is 0.660. The molecular formula is C12H15N3O. The minimum atomic E-state index is 0.660. The van der Waals surface area contributed by atoms with E-state index in [2.05, 4.69) is 10.6 Å². The van der Waals surface area contributed by atoms with Gasteiger partial charge in [-0.15, -0.1) is 0 Å². The molecule has 2 aromatic rings. The maximum Gasteiger partial charge on any atom is 0.0654 e. The lowest BCUT2D eigenvalue weighted by Crippen LogP contribution is -2.13. The molecule has 0 aliphatic rings.